The minimum Gasteiger partial charge on any atom is -0.393 e. The van der Waals surface area contributed by atoms with Crippen molar-refractivity contribution in [3.63, 3.8) is 0 Å². The van der Waals surface area contributed by atoms with E-state index in [1.54, 1.807) is 0 Å². The number of guanidine groups is 1. The van der Waals surface area contributed by atoms with Crippen LogP contribution in [0.4, 0.5) is 5.69 Å². The average molecular weight is 245 g/mol. The van der Waals surface area contributed by atoms with Gasteiger partial charge in [0.15, 0.2) is 5.96 Å². The molecule has 2 aliphatic carbocycles. The predicted octanol–water partition coefficient (Wildman–Crippen LogP) is 1.43. The lowest BCUT2D eigenvalue weighted by atomic mass is 9.90. The minimum absolute atomic E-state index is 0.182. The third-order valence-electron chi connectivity index (χ3n) is 3.78. The van der Waals surface area contributed by atoms with Gasteiger partial charge in [0.2, 0.25) is 0 Å². The highest BCUT2D eigenvalue weighted by Gasteiger charge is 2.26. The van der Waals surface area contributed by atoms with Gasteiger partial charge < -0.3 is 16.2 Å². The quantitative estimate of drug-likeness (QED) is 0.545. The summed E-state index contributed by atoms with van der Waals surface area (Å²) in [6.45, 7) is 0. The van der Waals surface area contributed by atoms with Crippen molar-refractivity contribution in [3.8, 4) is 0 Å². The number of rotatable bonds is 2. The van der Waals surface area contributed by atoms with Gasteiger partial charge in [-0.3, -0.25) is 0 Å². The Labute approximate surface area is 107 Å². The summed E-state index contributed by atoms with van der Waals surface area (Å²) in [7, 11) is 0. The van der Waals surface area contributed by atoms with Crippen LogP contribution in [0.1, 0.15) is 30.4 Å². The van der Waals surface area contributed by atoms with Gasteiger partial charge in [-0.05, 0) is 55.4 Å². The van der Waals surface area contributed by atoms with Gasteiger partial charge in [-0.15, -0.1) is 0 Å². The van der Waals surface area contributed by atoms with E-state index in [-0.39, 0.29) is 12.1 Å². The molecule has 4 heteroatoms. The predicted molar refractivity (Wildman–Crippen MR) is 72.7 cm³/mol. The number of hydrogen-bond acceptors (Lipinski definition) is 2. The van der Waals surface area contributed by atoms with Crippen LogP contribution in [0.15, 0.2) is 23.2 Å². The third kappa shape index (κ3) is 2.34. The van der Waals surface area contributed by atoms with E-state index in [2.05, 4.69) is 28.5 Å². The zero-order valence-electron chi connectivity index (χ0n) is 10.4. The highest BCUT2D eigenvalue weighted by Crippen LogP contribution is 2.25. The second-order valence-corrected chi connectivity index (χ2v) is 5.26. The first-order valence-corrected chi connectivity index (χ1v) is 6.61. The van der Waals surface area contributed by atoms with Crippen molar-refractivity contribution in [2.75, 3.05) is 5.32 Å². The van der Waals surface area contributed by atoms with Crippen molar-refractivity contribution in [3.05, 3.63) is 29.3 Å². The number of aryl methyl sites for hydroxylation is 2. The first-order chi connectivity index (χ1) is 8.70. The Morgan fingerprint density at radius 3 is 2.83 bits per heavy atom. The van der Waals surface area contributed by atoms with Gasteiger partial charge in [0.05, 0.1) is 12.1 Å². The molecule has 0 aliphatic heterocycles. The van der Waals surface area contributed by atoms with E-state index < -0.39 is 0 Å². The zero-order chi connectivity index (χ0) is 12.5. The molecule has 1 aromatic carbocycles. The molecule has 0 radical (unpaired) electrons. The molecule has 96 valence electrons. The van der Waals surface area contributed by atoms with Crippen LogP contribution in [-0.4, -0.2) is 23.2 Å². The summed E-state index contributed by atoms with van der Waals surface area (Å²) in [6.07, 6.45) is 4.88. The Morgan fingerprint density at radius 1 is 1.28 bits per heavy atom. The van der Waals surface area contributed by atoms with Gasteiger partial charge >= 0.3 is 0 Å². The van der Waals surface area contributed by atoms with E-state index in [0.29, 0.717) is 5.96 Å². The summed E-state index contributed by atoms with van der Waals surface area (Å²) in [6, 6.07) is 6.58. The molecule has 18 heavy (non-hydrogen) atoms. The maximum atomic E-state index is 9.20. The normalized spacial score (nSPS) is 26.6. The number of nitrogens with one attached hydrogen (secondary N) is 1. The Hall–Kier alpha value is -1.55. The lowest BCUT2D eigenvalue weighted by Crippen LogP contribution is -2.35. The van der Waals surface area contributed by atoms with Crippen LogP contribution in [0.25, 0.3) is 0 Å². The van der Waals surface area contributed by atoms with Crippen molar-refractivity contribution in [2.24, 2.45) is 10.7 Å². The minimum atomic E-state index is -0.188. The molecule has 1 fully saturated rings. The van der Waals surface area contributed by atoms with E-state index in [1.807, 2.05) is 0 Å². The smallest absolute Gasteiger partial charge is 0.193 e. The lowest BCUT2D eigenvalue weighted by Gasteiger charge is -2.28. The van der Waals surface area contributed by atoms with Gasteiger partial charge in [0, 0.05) is 5.69 Å². The first-order valence-electron chi connectivity index (χ1n) is 6.61. The number of anilines is 1. The Balaban J connectivity index is 1.65. The molecule has 0 saturated heterocycles. The Morgan fingerprint density at radius 2 is 2.06 bits per heavy atom. The molecule has 0 bridgehead atoms. The number of aliphatic hydroxyl groups excluding tert-OH is 1. The highest BCUT2D eigenvalue weighted by atomic mass is 16.3. The average Bonchev–Trinajstić information content (AvgIpc) is 2.74. The first kappa shape index (κ1) is 11.5. The fourth-order valence-electron chi connectivity index (χ4n) is 2.69. The van der Waals surface area contributed by atoms with E-state index in [0.717, 1.165) is 24.9 Å². The fourth-order valence-corrected chi connectivity index (χ4v) is 2.69. The molecule has 0 atom stereocenters. The monoisotopic (exact) mass is 245 g/mol. The van der Waals surface area contributed by atoms with Crippen molar-refractivity contribution in [1.29, 1.82) is 0 Å². The number of nitrogens with zero attached hydrogens (tertiary/aromatic N) is 1. The van der Waals surface area contributed by atoms with E-state index in [4.69, 9.17) is 5.73 Å². The summed E-state index contributed by atoms with van der Waals surface area (Å²) in [5.74, 6) is 0.449. The summed E-state index contributed by atoms with van der Waals surface area (Å²) in [5.41, 5.74) is 9.75. The topological polar surface area (TPSA) is 70.6 Å². The van der Waals surface area contributed by atoms with Crippen LogP contribution < -0.4 is 11.1 Å². The van der Waals surface area contributed by atoms with E-state index in [1.165, 1.54) is 24.0 Å². The van der Waals surface area contributed by atoms with Crippen molar-refractivity contribution in [1.82, 2.24) is 0 Å². The molecule has 3 rings (SSSR count). The highest BCUT2D eigenvalue weighted by molar-refractivity contribution is 5.92. The van der Waals surface area contributed by atoms with Gasteiger partial charge in [0.25, 0.3) is 0 Å². The number of aliphatic hydroxyl groups is 1. The number of hydrogen-bond donors (Lipinski definition) is 3. The second kappa shape index (κ2) is 4.61. The molecule has 2 aliphatic rings. The van der Waals surface area contributed by atoms with Crippen molar-refractivity contribution >= 4 is 11.6 Å². The fraction of sp³-hybridized carbons (Fsp3) is 0.500. The van der Waals surface area contributed by atoms with Crippen molar-refractivity contribution in [2.45, 2.75) is 44.2 Å². The van der Waals surface area contributed by atoms with Crippen LogP contribution in [-0.2, 0) is 12.8 Å². The summed E-state index contributed by atoms with van der Waals surface area (Å²) in [5, 5.41) is 12.3. The largest absolute Gasteiger partial charge is 0.393 e. The maximum absolute atomic E-state index is 9.20. The van der Waals surface area contributed by atoms with Crippen LogP contribution in [0.2, 0.25) is 0 Å². The molecule has 0 heterocycles. The molecule has 0 unspecified atom stereocenters. The molecular formula is C14H19N3O. The second-order valence-electron chi connectivity index (χ2n) is 5.26. The maximum Gasteiger partial charge on any atom is 0.193 e. The van der Waals surface area contributed by atoms with Gasteiger partial charge in [0.1, 0.15) is 0 Å². The molecule has 0 spiro atoms. The van der Waals surface area contributed by atoms with Gasteiger partial charge in [-0.25, -0.2) is 4.99 Å². The molecule has 0 aromatic heterocycles. The SMILES string of the molecule is NC(=NC1CC(O)C1)Nc1ccc2c(c1)CCC2. The van der Waals surface area contributed by atoms with Gasteiger partial charge in [-0.2, -0.15) is 0 Å². The van der Waals surface area contributed by atoms with Crippen LogP contribution in [0.3, 0.4) is 0 Å². The molecular weight excluding hydrogens is 226 g/mol. The van der Waals surface area contributed by atoms with E-state index in [9.17, 15) is 5.11 Å². The summed E-state index contributed by atoms with van der Waals surface area (Å²) < 4.78 is 0. The lowest BCUT2D eigenvalue weighted by molar-refractivity contribution is 0.0778. The van der Waals surface area contributed by atoms with Gasteiger partial charge in [-0.1, -0.05) is 6.07 Å². The molecule has 1 saturated carbocycles. The van der Waals surface area contributed by atoms with Crippen molar-refractivity contribution < 1.29 is 5.11 Å². The Bertz CT molecular complexity index is 478. The van der Waals surface area contributed by atoms with Crippen LogP contribution in [0.5, 0.6) is 0 Å². The number of aliphatic imine (C=N–C) groups is 1. The van der Waals surface area contributed by atoms with Crippen LogP contribution in [0, 0.1) is 0 Å². The molecule has 1 aromatic rings. The molecule has 4 N–H and O–H groups in total. The Kier molecular flexibility index (Phi) is 2.96. The van der Waals surface area contributed by atoms with E-state index >= 15 is 0 Å². The zero-order valence-corrected chi connectivity index (χ0v) is 10.4. The van der Waals surface area contributed by atoms with Crippen LogP contribution >= 0.6 is 0 Å². The number of nitrogens with two attached hydrogens (primary N) is 1. The summed E-state index contributed by atoms with van der Waals surface area (Å²) >= 11 is 0. The standard InChI is InChI=1S/C14H19N3O/c15-14(17-12-7-13(18)8-12)16-11-5-4-9-2-1-3-10(9)6-11/h4-6,12-13,18H,1-3,7-8H2,(H3,15,16,17). The number of benzene rings is 1. The number of fused-ring (bicyclic) bond motifs is 1. The summed E-state index contributed by atoms with van der Waals surface area (Å²) in [4.78, 5) is 4.34. The molecule has 4 nitrogen and oxygen atoms in total. The molecule has 0 amide bonds. The third-order valence-corrected chi connectivity index (χ3v) is 3.78.